The summed E-state index contributed by atoms with van der Waals surface area (Å²) in [4.78, 5) is 38.1. The van der Waals surface area contributed by atoms with Crippen molar-refractivity contribution in [2.75, 3.05) is 19.8 Å². The quantitative estimate of drug-likeness (QED) is 0.113. The van der Waals surface area contributed by atoms with Crippen LogP contribution in [0.1, 0.15) is 152 Å². The maximum Gasteiger partial charge on any atom is 0.306 e. The van der Waals surface area contributed by atoms with Gasteiger partial charge in [-0.15, -0.1) is 0 Å². The molecular weight excluding hydrogens is 626 g/mol. The van der Waals surface area contributed by atoms with Crippen LogP contribution in [0.5, 0.6) is 0 Å². The number of hydrogen-bond donors (Lipinski definition) is 2. The van der Waals surface area contributed by atoms with Gasteiger partial charge < -0.3 is 19.9 Å². The highest BCUT2D eigenvalue weighted by Crippen LogP contribution is 2.78. The van der Waals surface area contributed by atoms with Gasteiger partial charge >= 0.3 is 11.9 Å². The molecule has 1 amide bonds. The van der Waals surface area contributed by atoms with Crippen LogP contribution >= 0.6 is 0 Å². The van der Waals surface area contributed by atoms with Crippen molar-refractivity contribution in [2.45, 2.75) is 158 Å². The van der Waals surface area contributed by atoms with Crippen molar-refractivity contribution >= 4 is 17.8 Å². The first-order valence-corrected chi connectivity index (χ1v) is 20.2. The molecule has 7 nitrogen and oxygen atoms in total. The summed E-state index contributed by atoms with van der Waals surface area (Å²) < 4.78 is 11.9. The van der Waals surface area contributed by atoms with Crippen molar-refractivity contribution in [3.05, 3.63) is 12.2 Å². The molecule has 0 saturated heterocycles. The minimum Gasteiger partial charge on any atom is -0.481 e. The van der Waals surface area contributed by atoms with Crippen LogP contribution in [0, 0.1) is 62.1 Å². The fourth-order valence-corrected chi connectivity index (χ4v) is 13.7. The molecule has 10 atom stereocenters. The van der Waals surface area contributed by atoms with Crippen LogP contribution in [-0.2, 0) is 23.9 Å². The number of amides is 1. The highest BCUT2D eigenvalue weighted by Gasteiger charge is 2.71. The van der Waals surface area contributed by atoms with Crippen LogP contribution in [0.4, 0.5) is 0 Å². The summed E-state index contributed by atoms with van der Waals surface area (Å²) in [6.45, 7) is 27.0. The van der Waals surface area contributed by atoms with Crippen LogP contribution in [0.15, 0.2) is 12.2 Å². The lowest BCUT2D eigenvalue weighted by Crippen LogP contribution is -2.67. The van der Waals surface area contributed by atoms with E-state index in [1.165, 1.54) is 31.3 Å². The zero-order chi connectivity index (χ0) is 36.9. The fraction of sp³-hybridized carbons (Fsp3) is 0.884. The number of fused-ring (bicyclic) bond motifs is 7. The van der Waals surface area contributed by atoms with E-state index in [0.717, 1.165) is 51.6 Å². The molecule has 0 aromatic heterocycles. The van der Waals surface area contributed by atoms with Gasteiger partial charge in [-0.3, -0.25) is 14.4 Å². The van der Waals surface area contributed by atoms with Crippen LogP contribution < -0.4 is 5.32 Å². The van der Waals surface area contributed by atoms with Crippen molar-refractivity contribution in [1.82, 2.24) is 5.32 Å². The number of carboxylic acids is 1. The first-order valence-electron chi connectivity index (χ1n) is 20.2. The Bertz CT molecular complexity index is 1310. The minimum absolute atomic E-state index is 0.0479. The molecule has 5 saturated carbocycles. The second-order valence-electron chi connectivity index (χ2n) is 19.9. The van der Waals surface area contributed by atoms with Crippen LogP contribution in [-0.4, -0.2) is 48.8 Å². The molecule has 0 aromatic rings. The lowest BCUT2D eigenvalue weighted by molar-refractivity contribution is -0.250. The second kappa shape index (κ2) is 14.2. The fourth-order valence-electron chi connectivity index (χ4n) is 13.7. The van der Waals surface area contributed by atoms with E-state index in [0.29, 0.717) is 49.2 Å². The number of carbonyl (C=O) groups excluding carboxylic acids is 2. The largest absolute Gasteiger partial charge is 0.481 e. The smallest absolute Gasteiger partial charge is 0.306 e. The Kier molecular flexibility index (Phi) is 11.1. The van der Waals surface area contributed by atoms with Gasteiger partial charge in [0.2, 0.25) is 5.91 Å². The van der Waals surface area contributed by atoms with Gasteiger partial charge in [0.05, 0.1) is 19.4 Å². The number of rotatable bonds is 13. The lowest BCUT2D eigenvalue weighted by Gasteiger charge is -2.73. The van der Waals surface area contributed by atoms with Crippen molar-refractivity contribution in [3.63, 3.8) is 0 Å². The van der Waals surface area contributed by atoms with Gasteiger partial charge in [-0.2, -0.15) is 0 Å². The average Bonchev–Trinajstić information content (AvgIpc) is 3.37. The number of carbonyl (C=O) groups is 3. The molecule has 284 valence electrons. The van der Waals surface area contributed by atoms with Gasteiger partial charge in [-0.1, -0.05) is 67.5 Å². The van der Waals surface area contributed by atoms with E-state index in [1.807, 2.05) is 13.8 Å². The number of aliphatic carboxylic acids is 1. The molecule has 2 N–H and O–H groups in total. The number of nitrogens with one attached hydrogen (secondary N) is 1. The Morgan fingerprint density at radius 1 is 0.860 bits per heavy atom. The monoisotopic (exact) mass is 698 g/mol. The minimum atomic E-state index is -0.883. The summed E-state index contributed by atoms with van der Waals surface area (Å²) >= 11 is 0. The lowest BCUT2D eigenvalue weighted by atomic mass is 9.32. The molecule has 5 aliphatic rings. The Hall–Kier alpha value is -1.89. The van der Waals surface area contributed by atoms with E-state index < -0.39 is 11.4 Å². The number of esters is 1. The van der Waals surface area contributed by atoms with Crippen molar-refractivity contribution in [3.8, 4) is 0 Å². The molecule has 0 radical (unpaired) electrons. The van der Waals surface area contributed by atoms with E-state index >= 15 is 0 Å². The van der Waals surface area contributed by atoms with E-state index in [2.05, 4.69) is 60.4 Å². The summed E-state index contributed by atoms with van der Waals surface area (Å²) in [7, 11) is 0. The third kappa shape index (κ3) is 6.84. The summed E-state index contributed by atoms with van der Waals surface area (Å²) in [6.07, 6.45) is 12.8. The first kappa shape index (κ1) is 39.3. The molecular formula is C43H71NO6. The topological polar surface area (TPSA) is 102 Å². The Balaban J connectivity index is 1.35. The zero-order valence-corrected chi connectivity index (χ0v) is 33.2. The molecule has 0 aliphatic heterocycles. The van der Waals surface area contributed by atoms with Gasteiger partial charge in [0.25, 0.3) is 0 Å². The van der Waals surface area contributed by atoms with Crippen LogP contribution in [0.3, 0.4) is 0 Å². The van der Waals surface area contributed by atoms with E-state index in [4.69, 9.17) is 9.47 Å². The summed E-state index contributed by atoms with van der Waals surface area (Å²) in [5.41, 5.74) is 1.12. The maximum atomic E-state index is 13.5. The molecule has 50 heavy (non-hydrogen) atoms. The van der Waals surface area contributed by atoms with Crippen LogP contribution in [0.2, 0.25) is 0 Å². The predicted molar refractivity (Wildman–Crippen MR) is 198 cm³/mol. The molecule has 0 spiro atoms. The van der Waals surface area contributed by atoms with Crippen molar-refractivity contribution in [1.29, 1.82) is 0 Å². The molecule has 0 unspecified atom stereocenters. The summed E-state index contributed by atoms with van der Waals surface area (Å²) in [5.74, 6) is 1.67. The standard InChI is InChI=1S/C43H71NO6/c1-11-23-49-24-22-44-34(45)25-43-19-14-29(28(2)3)37(43)30-12-13-32-40(8)17-16-33(50-36(48)27-38(4,5)26-35(46)47)39(6,7)31(40)15-18-42(32,10)41(30,9)20-21-43/h29-33,37H,2,11-27H2,1,3-10H3,(H,44,45)(H,46,47)/t29-,30+,31-,32+,33-,37+,40-,41+,42+,43+/m0/s1. The first-order chi connectivity index (χ1) is 23.3. The normalized spacial score (nSPS) is 40.4. The number of ether oxygens (including phenoxy) is 2. The molecule has 0 aromatic carbocycles. The molecule has 0 heterocycles. The third-order valence-corrected chi connectivity index (χ3v) is 16.1. The number of hydrogen-bond acceptors (Lipinski definition) is 5. The average molecular weight is 698 g/mol. The summed E-state index contributed by atoms with van der Waals surface area (Å²) in [6, 6.07) is 0. The Morgan fingerprint density at radius 3 is 2.24 bits per heavy atom. The Labute approximate surface area is 303 Å². The van der Waals surface area contributed by atoms with Gasteiger partial charge in [-0.05, 0) is 134 Å². The van der Waals surface area contributed by atoms with E-state index in [-0.39, 0.29) is 57.9 Å². The zero-order valence-electron chi connectivity index (χ0n) is 33.2. The molecule has 5 aliphatic carbocycles. The number of allylic oxidation sites excluding steroid dienone is 1. The highest BCUT2D eigenvalue weighted by molar-refractivity contribution is 5.77. The van der Waals surface area contributed by atoms with E-state index in [1.54, 1.807) is 0 Å². The van der Waals surface area contributed by atoms with Crippen molar-refractivity contribution in [2.24, 2.45) is 62.1 Å². The van der Waals surface area contributed by atoms with Gasteiger partial charge in [-0.25, -0.2) is 0 Å². The third-order valence-electron chi connectivity index (χ3n) is 16.1. The maximum absolute atomic E-state index is 13.5. The van der Waals surface area contributed by atoms with Gasteiger partial charge in [0, 0.05) is 25.0 Å². The summed E-state index contributed by atoms with van der Waals surface area (Å²) in [5, 5.41) is 12.5. The Morgan fingerprint density at radius 2 is 1.58 bits per heavy atom. The molecule has 7 heteroatoms. The SMILES string of the molecule is C=C(C)[C@@H]1CC[C@]2(CC(=O)NCCOCCC)CC[C@]3(C)[C@H](CC[C@@H]4[C@@]5(C)CC[C@H](OC(=O)CC(C)(C)CC(=O)O)C(C)(C)[C@@H]5CC[C@]43C)[C@@H]12. The van der Waals surface area contributed by atoms with Gasteiger partial charge in [0.1, 0.15) is 6.10 Å². The molecule has 5 rings (SSSR count). The second-order valence-corrected chi connectivity index (χ2v) is 19.9. The van der Waals surface area contributed by atoms with Crippen molar-refractivity contribution < 1.29 is 29.0 Å². The van der Waals surface area contributed by atoms with Crippen LogP contribution in [0.25, 0.3) is 0 Å². The molecule has 0 bridgehead atoms. The van der Waals surface area contributed by atoms with Gasteiger partial charge in [0.15, 0.2) is 0 Å². The van der Waals surface area contributed by atoms with E-state index in [9.17, 15) is 19.5 Å². The predicted octanol–water partition coefficient (Wildman–Crippen LogP) is 9.38. The molecule has 5 fully saturated rings. The number of carboxylic acid groups (broad SMARTS) is 1. The highest BCUT2D eigenvalue weighted by atomic mass is 16.5.